The van der Waals surface area contributed by atoms with E-state index < -0.39 is 7.52 Å². The molecule has 0 aromatic rings. The van der Waals surface area contributed by atoms with Crippen LogP contribution in [0.3, 0.4) is 0 Å². The molecule has 1 radical (unpaired) electrons. The Bertz CT molecular complexity index is 173. The minimum atomic E-state index is -0.552. The molecule has 0 aliphatic carbocycles. The van der Waals surface area contributed by atoms with Gasteiger partial charge in [-0.2, -0.15) is 0 Å². The maximum absolute atomic E-state index is 3.51. The Morgan fingerprint density at radius 2 is 1.00 bits per heavy atom. The largest absolute Gasteiger partial charge is 0.161 e. The minimum absolute atomic E-state index is 0.513. The van der Waals surface area contributed by atoms with Gasteiger partial charge in [0.1, 0.15) is 8.06 Å². The van der Waals surface area contributed by atoms with E-state index in [0.717, 1.165) is 4.83 Å². The standard InChI is InChI=1S/C4Br9/c5-1(3(8,9)10)2(6,7)4(11,12)13. The van der Waals surface area contributed by atoms with Gasteiger partial charge in [0.15, 0.2) is 4.29 Å². The lowest BCUT2D eigenvalue weighted by molar-refractivity contribution is 1.01. The van der Waals surface area contributed by atoms with Gasteiger partial charge in [0.05, 0.1) is 0 Å². The van der Waals surface area contributed by atoms with Crippen molar-refractivity contribution in [1.82, 2.24) is 0 Å². The molecule has 13 heavy (non-hydrogen) atoms. The average Bonchev–Trinajstić information content (AvgIpc) is 1.81. The topological polar surface area (TPSA) is 0 Å². The van der Waals surface area contributed by atoms with E-state index in [2.05, 4.69) is 143 Å². The minimum Gasteiger partial charge on any atom is -0.0775 e. The first-order chi connectivity index (χ1) is 5.40. The molecular weight excluding hydrogens is 767 g/mol. The van der Waals surface area contributed by atoms with E-state index in [4.69, 9.17) is 0 Å². The maximum atomic E-state index is 3.51. The third-order valence-electron chi connectivity index (χ3n) is 0.881. The summed E-state index contributed by atoms with van der Waals surface area (Å²) in [5.74, 6) is 0. The van der Waals surface area contributed by atoms with Crippen molar-refractivity contribution in [2.75, 3.05) is 0 Å². The first-order valence-electron chi connectivity index (χ1n) is 2.45. The molecule has 0 nitrogen and oxygen atoms in total. The van der Waals surface area contributed by atoms with Crippen molar-refractivity contribution < 1.29 is 0 Å². The van der Waals surface area contributed by atoms with Gasteiger partial charge < -0.3 is 0 Å². The number of halogens is 9. The first-order valence-corrected chi connectivity index (χ1v) is 9.59. The molecule has 0 aliphatic heterocycles. The second-order valence-electron chi connectivity index (χ2n) is 1.88. The Morgan fingerprint density at radius 3 is 1.08 bits per heavy atom. The van der Waals surface area contributed by atoms with Crippen LogP contribution in [0.1, 0.15) is 0 Å². The first kappa shape index (κ1) is 17.3. The lowest BCUT2D eigenvalue weighted by Crippen LogP contribution is -2.38. The number of hydrogen-bond acceptors (Lipinski definition) is 0. The third kappa shape index (κ3) is 5.22. The van der Waals surface area contributed by atoms with Crippen LogP contribution in [0, 0.1) is 4.83 Å². The zero-order chi connectivity index (χ0) is 11.1. The second-order valence-corrected chi connectivity index (χ2v) is 19.6. The molecule has 0 unspecified atom stereocenters. The van der Waals surface area contributed by atoms with Crippen molar-refractivity contribution in [3.8, 4) is 0 Å². The third-order valence-corrected chi connectivity index (χ3v) is 12.9. The van der Waals surface area contributed by atoms with Gasteiger partial charge in [-0.3, -0.25) is 0 Å². The Hall–Kier alpha value is 4.32. The molecule has 0 atom stereocenters. The van der Waals surface area contributed by atoms with Gasteiger partial charge in [0, 0.05) is 0 Å². The molecule has 0 rings (SSSR count). The molecule has 0 bridgehead atoms. The Balaban J connectivity index is 4.86. The van der Waals surface area contributed by atoms with E-state index >= 15 is 0 Å². The molecule has 0 amide bonds. The molecule has 0 fully saturated rings. The predicted molar refractivity (Wildman–Crippen MR) is 91.8 cm³/mol. The summed E-state index contributed by atoms with van der Waals surface area (Å²) < 4.78 is -1.59. The van der Waals surface area contributed by atoms with Crippen LogP contribution in [-0.4, -0.2) is 7.52 Å². The molecule has 0 aromatic heterocycles. The van der Waals surface area contributed by atoms with Crippen LogP contribution in [0.25, 0.3) is 0 Å². The Morgan fingerprint density at radius 1 is 0.692 bits per heavy atom. The summed E-state index contributed by atoms with van der Waals surface area (Å²) in [4.78, 5) is 0.845. The molecular formula is C4Br9. The molecule has 0 saturated heterocycles. The van der Waals surface area contributed by atoms with Gasteiger partial charge in [0.25, 0.3) is 0 Å². The van der Waals surface area contributed by atoms with Crippen molar-refractivity contribution >= 4 is 143 Å². The normalized spacial score (nSPS) is 15.2. The van der Waals surface area contributed by atoms with E-state index in [1.165, 1.54) is 0 Å². The van der Waals surface area contributed by atoms with Crippen LogP contribution in [0.2, 0.25) is 0 Å². The Labute approximate surface area is 153 Å². The Kier molecular flexibility index (Phi) is 7.96. The van der Waals surface area contributed by atoms with Gasteiger partial charge in [-0.05, 0) is 0 Å². The summed E-state index contributed by atoms with van der Waals surface area (Å²) in [5.41, 5.74) is 0. The van der Waals surface area contributed by atoms with Crippen LogP contribution in [-0.2, 0) is 0 Å². The highest BCUT2D eigenvalue weighted by Gasteiger charge is 2.54. The van der Waals surface area contributed by atoms with Crippen LogP contribution in [0.15, 0.2) is 0 Å². The molecule has 0 spiro atoms. The quantitative estimate of drug-likeness (QED) is 0.251. The van der Waals surface area contributed by atoms with E-state index in [1.807, 2.05) is 0 Å². The lowest BCUT2D eigenvalue weighted by atomic mass is 10.4. The smallest absolute Gasteiger partial charge is 0.0775 e. The highest BCUT2D eigenvalue weighted by Crippen LogP contribution is 2.65. The van der Waals surface area contributed by atoms with Crippen molar-refractivity contribution in [2.24, 2.45) is 0 Å². The number of hydrogen-bond donors (Lipinski definition) is 0. The van der Waals surface area contributed by atoms with Gasteiger partial charge in [-0.1, -0.05) is 143 Å². The van der Waals surface area contributed by atoms with Crippen molar-refractivity contribution in [2.45, 2.75) is 7.52 Å². The van der Waals surface area contributed by atoms with E-state index in [1.54, 1.807) is 0 Å². The highest BCUT2D eigenvalue weighted by atomic mass is 80.0. The predicted octanol–water partition coefficient (Wildman–Crippen LogP) is 7.08. The lowest BCUT2D eigenvalue weighted by Gasteiger charge is -2.37. The van der Waals surface area contributed by atoms with Crippen LogP contribution in [0.5, 0.6) is 0 Å². The van der Waals surface area contributed by atoms with E-state index in [-0.39, 0.29) is 0 Å². The summed E-state index contributed by atoms with van der Waals surface area (Å²) in [6.45, 7) is 0. The second kappa shape index (κ2) is 5.97. The molecule has 79 valence electrons. The molecule has 9 heteroatoms. The van der Waals surface area contributed by atoms with Gasteiger partial charge >= 0.3 is 0 Å². The highest BCUT2D eigenvalue weighted by molar-refractivity contribution is 9.42. The number of rotatable bonds is 1. The summed E-state index contributed by atoms with van der Waals surface area (Å²) >= 11 is 30.9. The van der Waals surface area contributed by atoms with E-state index in [9.17, 15) is 0 Å². The van der Waals surface area contributed by atoms with Crippen LogP contribution < -0.4 is 0 Å². The zero-order valence-electron chi connectivity index (χ0n) is 5.40. The monoisotopic (exact) mass is 758 g/mol. The van der Waals surface area contributed by atoms with Crippen LogP contribution >= 0.6 is 143 Å². The van der Waals surface area contributed by atoms with Gasteiger partial charge in [0.2, 0.25) is 0 Å². The fourth-order valence-electron chi connectivity index (χ4n) is 0.302. The van der Waals surface area contributed by atoms with Gasteiger partial charge in [-0.25, -0.2) is 0 Å². The summed E-state index contributed by atoms with van der Waals surface area (Å²) in [7, 11) is 0. The fraction of sp³-hybridized carbons (Fsp3) is 0.750. The number of alkyl halides is 8. The zero-order valence-corrected chi connectivity index (χ0v) is 19.7. The molecule has 0 aliphatic rings. The molecule has 0 aromatic carbocycles. The molecule has 0 N–H and O–H groups in total. The fourth-order valence-corrected chi connectivity index (χ4v) is 5.08. The van der Waals surface area contributed by atoms with Gasteiger partial charge in [-0.15, -0.1) is 0 Å². The van der Waals surface area contributed by atoms with Crippen molar-refractivity contribution in [3.63, 3.8) is 0 Å². The summed E-state index contributed by atoms with van der Waals surface area (Å²) in [6.07, 6.45) is 0. The SMILES string of the molecule is Br[C](C(Br)(Br)Br)C(Br)(Br)C(Br)(Br)Br. The van der Waals surface area contributed by atoms with Crippen molar-refractivity contribution in [1.29, 1.82) is 0 Å². The summed E-state index contributed by atoms with van der Waals surface area (Å²) in [5, 5.41) is 0. The summed E-state index contributed by atoms with van der Waals surface area (Å²) in [6, 6.07) is 0. The maximum Gasteiger partial charge on any atom is 0.161 e. The average molecular weight is 767 g/mol. The van der Waals surface area contributed by atoms with E-state index in [0.29, 0.717) is 0 Å². The van der Waals surface area contributed by atoms with Crippen molar-refractivity contribution in [3.05, 3.63) is 4.83 Å². The molecule has 0 heterocycles. The van der Waals surface area contributed by atoms with Crippen LogP contribution in [0.4, 0.5) is 0 Å². The molecule has 0 saturated carbocycles.